The van der Waals surface area contributed by atoms with Crippen LogP contribution in [0.4, 0.5) is 0 Å². The van der Waals surface area contributed by atoms with Crippen LogP contribution in [0.2, 0.25) is 0 Å². The highest BCUT2D eigenvalue weighted by atomic mass is 16.5. The van der Waals surface area contributed by atoms with Gasteiger partial charge in [0.1, 0.15) is 0 Å². The first-order valence-electron chi connectivity index (χ1n) is 5.05. The Morgan fingerprint density at radius 1 is 1.29 bits per heavy atom. The van der Waals surface area contributed by atoms with Crippen LogP contribution in [0.1, 0.15) is 23.6 Å². The zero-order valence-electron chi connectivity index (χ0n) is 9.21. The van der Waals surface area contributed by atoms with Crippen molar-refractivity contribution in [2.75, 3.05) is 13.2 Å². The lowest BCUT2D eigenvalue weighted by Gasteiger charge is -2.01. The van der Waals surface area contributed by atoms with Crippen molar-refractivity contribution in [3.63, 3.8) is 0 Å². The molecule has 0 fully saturated rings. The van der Waals surface area contributed by atoms with Crippen LogP contribution >= 0.6 is 0 Å². The topological polar surface area (TPSA) is 9.23 Å². The molecule has 0 saturated carbocycles. The molecule has 0 saturated heterocycles. The highest BCUT2D eigenvalue weighted by molar-refractivity contribution is 5.54. The van der Waals surface area contributed by atoms with Crippen LogP contribution in [-0.4, -0.2) is 13.2 Å². The molecule has 0 spiro atoms. The Morgan fingerprint density at radius 2 is 2.07 bits per heavy atom. The average molecular weight is 190 g/mol. The highest BCUT2D eigenvalue weighted by Gasteiger charge is 1.93. The summed E-state index contributed by atoms with van der Waals surface area (Å²) in [6, 6.07) is 6.47. The smallest absolute Gasteiger partial charge is 0.0650 e. The SMILES string of the molecule is CCOCC=Cc1ccc(C)cc1C. The second-order valence-corrected chi connectivity index (χ2v) is 3.42. The van der Waals surface area contributed by atoms with Crippen molar-refractivity contribution in [1.29, 1.82) is 0 Å². The molecule has 1 heteroatoms. The van der Waals surface area contributed by atoms with Gasteiger partial charge in [0.2, 0.25) is 0 Å². The molecule has 0 amide bonds. The molecule has 0 radical (unpaired) electrons. The maximum Gasteiger partial charge on any atom is 0.0650 e. The fourth-order valence-electron chi connectivity index (χ4n) is 1.37. The zero-order valence-corrected chi connectivity index (χ0v) is 9.21. The predicted octanol–water partition coefficient (Wildman–Crippen LogP) is 3.35. The van der Waals surface area contributed by atoms with Crippen LogP contribution in [0.3, 0.4) is 0 Å². The van der Waals surface area contributed by atoms with E-state index in [0.29, 0.717) is 6.61 Å². The minimum atomic E-state index is 0.698. The van der Waals surface area contributed by atoms with Gasteiger partial charge in [0, 0.05) is 6.61 Å². The van der Waals surface area contributed by atoms with Gasteiger partial charge in [-0.05, 0) is 31.9 Å². The van der Waals surface area contributed by atoms with Crippen molar-refractivity contribution in [1.82, 2.24) is 0 Å². The number of aryl methyl sites for hydroxylation is 2. The fraction of sp³-hybridized carbons (Fsp3) is 0.385. The van der Waals surface area contributed by atoms with E-state index in [4.69, 9.17) is 4.74 Å². The molecule has 0 aliphatic carbocycles. The first-order valence-corrected chi connectivity index (χ1v) is 5.05. The van der Waals surface area contributed by atoms with Gasteiger partial charge in [0.15, 0.2) is 0 Å². The van der Waals surface area contributed by atoms with E-state index in [1.807, 2.05) is 6.92 Å². The molecule has 0 aliphatic heterocycles. The van der Waals surface area contributed by atoms with Gasteiger partial charge < -0.3 is 4.74 Å². The molecule has 0 atom stereocenters. The Labute approximate surface area is 86.4 Å². The van der Waals surface area contributed by atoms with Gasteiger partial charge in [-0.2, -0.15) is 0 Å². The second kappa shape index (κ2) is 5.61. The third-order valence-corrected chi connectivity index (χ3v) is 2.14. The number of hydrogen-bond donors (Lipinski definition) is 0. The van der Waals surface area contributed by atoms with Crippen molar-refractivity contribution < 1.29 is 4.74 Å². The van der Waals surface area contributed by atoms with Gasteiger partial charge in [-0.25, -0.2) is 0 Å². The van der Waals surface area contributed by atoms with Gasteiger partial charge in [-0.3, -0.25) is 0 Å². The molecule has 0 aromatic heterocycles. The number of hydrogen-bond acceptors (Lipinski definition) is 1. The van der Waals surface area contributed by atoms with Crippen LogP contribution in [0.15, 0.2) is 24.3 Å². The van der Waals surface area contributed by atoms with Gasteiger partial charge >= 0.3 is 0 Å². The Bertz CT molecular complexity index is 313. The summed E-state index contributed by atoms with van der Waals surface area (Å²) in [7, 11) is 0. The predicted molar refractivity (Wildman–Crippen MR) is 61.4 cm³/mol. The molecule has 1 aromatic rings. The van der Waals surface area contributed by atoms with E-state index in [1.54, 1.807) is 0 Å². The summed E-state index contributed by atoms with van der Waals surface area (Å²) in [5.74, 6) is 0. The van der Waals surface area contributed by atoms with Crippen molar-refractivity contribution in [2.45, 2.75) is 20.8 Å². The first kappa shape index (κ1) is 11.0. The van der Waals surface area contributed by atoms with Gasteiger partial charge in [-0.15, -0.1) is 0 Å². The second-order valence-electron chi connectivity index (χ2n) is 3.42. The van der Waals surface area contributed by atoms with Crippen LogP contribution in [0, 0.1) is 13.8 Å². The summed E-state index contributed by atoms with van der Waals surface area (Å²) < 4.78 is 5.23. The summed E-state index contributed by atoms with van der Waals surface area (Å²) in [5, 5.41) is 0. The third kappa shape index (κ3) is 3.35. The normalized spacial score (nSPS) is 11.1. The quantitative estimate of drug-likeness (QED) is 0.661. The van der Waals surface area contributed by atoms with Crippen LogP contribution in [0.25, 0.3) is 6.08 Å². The van der Waals surface area contributed by atoms with Crippen molar-refractivity contribution in [3.05, 3.63) is 41.0 Å². The average Bonchev–Trinajstić information content (AvgIpc) is 2.15. The van der Waals surface area contributed by atoms with E-state index in [2.05, 4.69) is 44.2 Å². The van der Waals surface area contributed by atoms with E-state index in [9.17, 15) is 0 Å². The number of ether oxygens (including phenoxy) is 1. The van der Waals surface area contributed by atoms with Gasteiger partial charge in [-0.1, -0.05) is 35.9 Å². The Morgan fingerprint density at radius 3 is 2.71 bits per heavy atom. The lowest BCUT2D eigenvalue weighted by Crippen LogP contribution is -1.88. The highest BCUT2D eigenvalue weighted by Crippen LogP contribution is 2.11. The maximum absolute atomic E-state index is 5.23. The molecule has 0 N–H and O–H groups in total. The number of rotatable bonds is 4. The molecule has 0 unspecified atom stereocenters. The Kier molecular flexibility index (Phi) is 4.41. The van der Waals surface area contributed by atoms with E-state index in [1.165, 1.54) is 16.7 Å². The third-order valence-electron chi connectivity index (χ3n) is 2.14. The molecule has 0 heterocycles. The summed E-state index contributed by atoms with van der Waals surface area (Å²) in [5.41, 5.74) is 3.90. The molecule has 1 rings (SSSR count). The van der Waals surface area contributed by atoms with E-state index >= 15 is 0 Å². The van der Waals surface area contributed by atoms with Crippen molar-refractivity contribution >= 4 is 6.08 Å². The largest absolute Gasteiger partial charge is 0.378 e. The fourth-order valence-corrected chi connectivity index (χ4v) is 1.37. The Balaban J connectivity index is 2.62. The lowest BCUT2D eigenvalue weighted by atomic mass is 10.1. The molecule has 76 valence electrons. The van der Waals surface area contributed by atoms with Gasteiger partial charge in [0.05, 0.1) is 6.61 Å². The molecule has 1 aromatic carbocycles. The van der Waals surface area contributed by atoms with E-state index < -0.39 is 0 Å². The molecule has 14 heavy (non-hydrogen) atoms. The summed E-state index contributed by atoms with van der Waals surface area (Å²) in [6.07, 6.45) is 4.17. The van der Waals surface area contributed by atoms with E-state index in [0.717, 1.165) is 6.61 Å². The lowest BCUT2D eigenvalue weighted by molar-refractivity contribution is 0.178. The maximum atomic E-state index is 5.23. The summed E-state index contributed by atoms with van der Waals surface area (Å²) in [6.45, 7) is 7.72. The minimum absolute atomic E-state index is 0.698. The Hall–Kier alpha value is -1.08. The van der Waals surface area contributed by atoms with E-state index in [-0.39, 0.29) is 0 Å². The van der Waals surface area contributed by atoms with Crippen molar-refractivity contribution in [2.24, 2.45) is 0 Å². The summed E-state index contributed by atoms with van der Waals surface area (Å²) >= 11 is 0. The molecule has 1 nitrogen and oxygen atoms in total. The van der Waals surface area contributed by atoms with Gasteiger partial charge in [0.25, 0.3) is 0 Å². The van der Waals surface area contributed by atoms with Crippen LogP contribution < -0.4 is 0 Å². The standard InChI is InChI=1S/C13H18O/c1-4-14-9-5-6-13-8-7-11(2)10-12(13)3/h5-8,10H,4,9H2,1-3H3. The van der Waals surface area contributed by atoms with Crippen LogP contribution in [-0.2, 0) is 4.74 Å². The summed E-state index contributed by atoms with van der Waals surface area (Å²) in [4.78, 5) is 0. The monoisotopic (exact) mass is 190 g/mol. The number of benzene rings is 1. The molecular weight excluding hydrogens is 172 g/mol. The molecule has 0 bridgehead atoms. The zero-order chi connectivity index (χ0) is 10.4. The van der Waals surface area contributed by atoms with Crippen LogP contribution in [0.5, 0.6) is 0 Å². The minimum Gasteiger partial charge on any atom is -0.378 e. The molecule has 0 aliphatic rings. The van der Waals surface area contributed by atoms with Crippen molar-refractivity contribution in [3.8, 4) is 0 Å². The molecular formula is C13H18O. The first-order chi connectivity index (χ1) is 6.74.